The molecule has 0 aliphatic heterocycles. The van der Waals surface area contributed by atoms with Crippen LogP contribution >= 0.6 is 0 Å². The second-order valence-corrected chi connectivity index (χ2v) is 2.60. The normalized spacial score (nSPS) is 12.4. The SMILES string of the molecule is CCCCC(C[N+](=O)[O-])[N+](=O)[O-]. The fraction of sp³-hybridized carbons (Fsp3) is 1.00. The molecule has 0 saturated carbocycles. The average molecular weight is 176 g/mol. The van der Waals surface area contributed by atoms with Gasteiger partial charge in [0.25, 0.3) is 12.6 Å². The summed E-state index contributed by atoms with van der Waals surface area (Å²) in [5, 5.41) is 20.2. The first kappa shape index (κ1) is 10.8. The molecule has 0 amide bonds. The molecule has 0 saturated heterocycles. The molecule has 6 nitrogen and oxygen atoms in total. The van der Waals surface area contributed by atoms with E-state index in [-0.39, 0.29) is 0 Å². The summed E-state index contributed by atoms with van der Waals surface area (Å²) in [6.07, 6.45) is 1.78. The molecule has 1 unspecified atom stereocenters. The van der Waals surface area contributed by atoms with E-state index in [1.165, 1.54) is 0 Å². The Morgan fingerprint density at radius 1 is 1.33 bits per heavy atom. The minimum atomic E-state index is -1.01. The average Bonchev–Trinajstić information content (AvgIpc) is 1.96. The van der Waals surface area contributed by atoms with Crippen LogP contribution in [0.3, 0.4) is 0 Å². The Bertz CT molecular complexity index is 171. The van der Waals surface area contributed by atoms with Gasteiger partial charge >= 0.3 is 0 Å². The lowest BCUT2D eigenvalue weighted by molar-refractivity contribution is -0.588. The Kier molecular flexibility index (Phi) is 4.91. The van der Waals surface area contributed by atoms with Gasteiger partial charge in [-0.05, 0) is 6.42 Å². The molecular formula is C6H12N2O4. The molecule has 0 aromatic heterocycles. The van der Waals surface area contributed by atoms with Crippen molar-refractivity contribution in [1.82, 2.24) is 0 Å². The van der Waals surface area contributed by atoms with E-state index >= 15 is 0 Å². The Labute approximate surface area is 69.9 Å². The van der Waals surface area contributed by atoms with Crippen LogP contribution in [0, 0.1) is 20.2 Å². The van der Waals surface area contributed by atoms with Gasteiger partial charge in [0.1, 0.15) is 0 Å². The summed E-state index contributed by atoms with van der Waals surface area (Å²) in [6.45, 7) is 1.33. The molecule has 70 valence electrons. The molecule has 0 aliphatic rings. The summed E-state index contributed by atoms with van der Waals surface area (Å²) in [6, 6.07) is -1.01. The molecule has 12 heavy (non-hydrogen) atoms. The number of unbranched alkanes of at least 4 members (excludes halogenated alkanes) is 1. The minimum absolute atomic E-state index is 0.296. The highest BCUT2D eigenvalue weighted by Gasteiger charge is 2.25. The lowest BCUT2D eigenvalue weighted by Crippen LogP contribution is -2.28. The van der Waals surface area contributed by atoms with Crippen LogP contribution in [0.2, 0.25) is 0 Å². The molecule has 0 aromatic carbocycles. The second kappa shape index (κ2) is 5.45. The number of hydrogen-bond acceptors (Lipinski definition) is 4. The lowest BCUT2D eigenvalue weighted by Gasteiger charge is -2.02. The molecule has 0 bridgehead atoms. The fourth-order valence-corrected chi connectivity index (χ4v) is 0.875. The smallest absolute Gasteiger partial charge is 0.264 e. The highest BCUT2D eigenvalue weighted by Crippen LogP contribution is 2.03. The van der Waals surface area contributed by atoms with E-state index in [0.717, 1.165) is 6.42 Å². The number of nitrogens with zero attached hydrogens (tertiary/aromatic N) is 2. The highest BCUT2D eigenvalue weighted by molar-refractivity contribution is 4.54. The predicted octanol–water partition coefficient (Wildman–Crippen LogP) is 1.10. The van der Waals surface area contributed by atoms with E-state index in [1.807, 2.05) is 6.92 Å². The number of nitro groups is 2. The van der Waals surface area contributed by atoms with Crippen LogP contribution in [0.1, 0.15) is 26.2 Å². The van der Waals surface area contributed by atoms with Crippen LogP contribution in [0.4, 0.5) is 0 Å². The second-order valence-electron chi connectivity index (χ2n) is 2.60. The van der Waals surface area contributed by atoms with Crippen LogP contribution in [0.5, 0.6) is 0 Å². The van der Waals surface area contributed by atoms with Crippen molar-refractivity contribution in [2.45, 2.75) is 32.2 Å². The summed E-state index contributed by atoms with van der Waals surface area (Å²) >= 11 is 0. The Morgan fingerprint density at radius 3 is 2.25 bits per heavy atom. The van der Waals surface area contributed by atoms with Gasteiger partial charge in [0, 0.05) is 16.3 Å². The number of rotatable bonds is 6. The van der Waals surface area contributed by atoms with Crippen LogP contribution in [0.15, 0.2) is 0 Å². The molecule has 0 rings (SSSR count). The van der Waals surface area contributed by atoms with Crippen LogP contribution in [0.25, 0.3) is 0 Å². The van der Waals surface area contributed by atoms with Gasteiger partial charge in [-0.1, -0.05) is 13.3 Å². The Balaban J connectivity index is 3.87. The summed E-state index contributed by atoms with van der Waals surface area (Å²) in [5.41, 5.74) is 0. The van der Waals surface area contributed by atoms with Crippen LogP contribution < -0.4 is 0 Å². The highest BCUT2D eigenvalue weighted by atomic mass is 16.6. The van der Waals surface area contributed by atoms with Crippen LogP contribution in [-0.2, 0) is 0 Å². The van der Waals surface area contributed by atoms with E-state index in [9.17, 15) is 20.2 Å². The van der Waals surface area contributed by atoms with Crippen molar-refractivity contribution < 1.29 is 9.85 Å². The standard InChI is InChI=1S/C6H12N2O4/c1-2-3-4-6(8(11)12)5-7(9)10/h6H,2-5H2,1H3. The summed E-state index contributed by atoms with van der Waals surface area (Å²) in [4.78, 5) is 19.0. The van der Waals surface area contributed by atoms with Crippen LogP contribution in [-0.4, -0.2) is 22.4 Å². The van der Waals surface area contributed by atoms with Gasteiger partial charge in [0.2, 0.25) is 0 Å². The zero-order valence-electron chi connectivity index (χ0n) is 6.93. The maximum Gasteiger partial charge on any atom is 0.276 e. The molecule has 0 aromatic rings. The van der Waals surface area contributed by atoms with Gasteiger partial charge in [0.05, 0.1) is 0 Å². The monoisotopic (exact) mass is 176 g/mol. The van der Waals surface area contributed by atoms with Gasteiger partial charge < -0.3 is 0 Å². The molecular weight excluding hydrogens is 164 g/mol. The van der Waals surface area contributed by atoms with Crippen molar-refractivity contribution in [2.24, 2.45) is 0 Å². The maximum absolute atomic E-state index is 10.2. The predicted molar refractivity (Wildman–Crippen MR) is 42.2 cm³/mol. The Hall–Kier alpha value is -1.20. The molecule has 0 fully saturated rings. The summed E-state index contributed by atoms with van der Waals surface area (Å²) in [7, 11) is 0. The van der Waals surface area contributed by atoms with Crippen molar-refractivity contribution in [2.75, 3.05) is 6.54 Å². The van der Waals surface area contributed by atoms with Gasteiger partial charge in [0.15, 0.2) is 0 Å². The molecule has 0 spiro atoms. The van der Waals surface area contributed by atoms with E-state index in [2.05, 4.69) is 0 Å². The van der Waals surface area contributed by atoms with Gasteiger partial charge in [-0.25, -0.2) is 0 Å². The van der Waals surface area contributed by atoms with Gasteiger partial charge in [-0.3, -0.25) is 20.2 Å². The summed E-state index contributed by atoms with van der Waals surface area (Å²) < 4.78 is 0. The minimum Gasteiger partial charge on any atom is -0.264 e. The van der Waals surface area contributed by atoms with Gasteiger partial charge in [-0.2, -0.15) is 0 Å². The van der Waals surface area contributed by atoms with Gasteiger partial charge in [-0.15, -0.1) is 0 Å². The van der Waals surface area contributed by atoms with Crippen molar-refractivity contribution in [1.29, 1.82) is 0 Å². The zero-order valence-corrected chi connectivity index (χ0v) is 6.93. The largest absolute Gasteiger partial charge is 0.276 e. The first-order valence-electron chi connectivity index (χ1n) is 3.83. The molecule has 0 aliphatic carbocycles. The van der Waals surface area contributed by atoms with Crippen molar-refractivity contribution in [3.05, 3.63) is 20.2 Å². The number of hydrogen-bond donors (Lipinski definition) is 0. The zero-order chi connectivity index (χ0) is 9.56. The summed E-state index contributed by atoms with van der Waals surface area (Å²) in [5.74, 6) is 0. The van der Waals surface area contributed by atoms with E-state index < -0.39 is 22.4 Å². The quantitative estimate of drug-likeness (QED) is 0.447. The van der Waals surface area contributed by atoms with Crippen molar-refractivity contribution >= 4 is 0 Å². The van der Waals surface area contributed by atoms with E-state index in [0.29, 0.717) is 12.8 Å². The molecule has 0 heterocycles. The maximum atomic E-state index is 10.2. The molecule has 0 radical (unpaired) electrons. The first-order valence-corrected chi connectivity index (χ1v) is 3.83. The third-order valence-corrected chi connectivity index (χ3v) is 1.55. The third kappa shape index (κ3) is 4.59. The third-order valence-electron chi connectivity index (χ3n) is 1.55. The molecule has 1 atom stereocenters. The molecule has 6 heteroatoms. The van der Waals surface area contributed by atoms with Crippen molar-refractivity contribution in [3.8, 4) is 0 Å². The topological polar surface area (TPSA) is 86.3 Å². The van der Waals surface area contributed by atoms with Crippen molar-refractivity contribution in [3.63, 3.8) is 0 Å². The lowest BCUT2D eigenvalue weighted by atomic mass is 10.1. The van der Waals surface area contributed by atoms with E-state index in [4.69, 9.17) is 0 Å². The van der Waals surface area contributed by atoms with E-state index in [1.54, 1.807) is 0 Å². The Morgan fingerprint density at radius 2 is 1.92 bits per heavy atom. The first-order chi connectivity index (χ1) is 5.57. The fourth-order valence-electron chi connectivity index (χ4n) is 0.875. The molecule has 0 N–H and O–H groups in total.